The molecule has 4 rings (SSSR count). The maximum atomic E-state index is 12.6. The van der Waals surface area contributed by atoms with Crippen molar-refractivity contribution in [3.05, 3.63) is 10.6 Å². The van der Waals surface area contributed by atoms with E-state index in [-0.39, 0.29) is 35.0 Å². The molecule has 5 nitrogen and oxygen atoms in total. The Balaban J connectivity index is 1.57. The number of aliphatic hydroxyl groups is 1. The molecule has 26 heavy (non-hydrogen) atoms. The zero-order valence-electron chi connectivity index (χ0n) is 16.2. The fraction of sp³-hybridized carbons (Fsp3) is 0.800. The lowest BCUT2D eigenvalue weighted by Crippen LogP contribution is -2.53. The first kappa shape index (κ1) is 18.2. The zero-order valence-corrected chi connectivity index (χ0v) is 17.0. The van der Waals surface area contributed by atoms with Gasteiger partial charge in [0.1, 0.15) is 0 Å². The molecule has 3 aliphatic carbocycles. The van der Waals surface area contributed by atoms with Crippen LogP contribution in [0.25, 0.3) is 0 Å². The van der Waals surface area contributed by atoms with Crippen LogP contribution in [0.4, 0.5) is 5.13 Å². The van der Waals surface area contributed by atoms with E-state index in [0.29, 0.717) is 6.04 Å². The number of thiazole rings is 1. The minimum absolute atomic E-state index is 0.0400. The largest absolute Gasteiger partial charge is 0.392 e. The third-order valence-corrected chi connectivity index (χ3v) is 8.20. The monoisotopic (exact) mass is 377 g/mol. The van der Waals surface area contributed by atoms with Crippen molar-refractivity contribution in [1.29, 1.82) is 0 Å². The first-order valence-corrected chi connectivity index (χ1v) is 10.8. The highest BCUT2D eigenvalue weighted by Gasteiger charge is 2.54. The number of carbonyl (C=O) groups excluding carboxylic acids is 1. The van der Waals surface area contributed by atoms with E-state index < -0.39 is 6.10 Å². The Bertz CT molecular complexity index is 701. The Kier molecular flexibility index (Phi) is 4.55. The molecule has 2 fully saturated rings. The Hall–Kier alpha value is -1.14. The maximum Gasteiger partial charge on any atom is 0.223 e. The van der Waals surface area contributed by atoms with E-state index in [0.717, 1.165) is 42.9 Å². The lowest BCUT2D eigenvalue weighted by atomic mass is 9.53. The Labute approximate surface area is 160 Å². The molecule has 0 saturated heterocycles. The number of aromatic nitrogens is 1. The minimum atomic E-state index is -0.448. The summed E-state index contributed by atoms with van der Waals surface area (Å²) in [7, 11) is 1.91. The van der Waals surface area contributed by atoms with Crippen molar-refractivity contribution in [1.82, 2.24) is 10.3 Å². The number of rotatable bonds is 4. The van der Waals surface area contributed by atoms with Crippen molar-refractivity contribution in [3.63, 3.8) is 0 Å². The molecule has 144 valence electrons. The molecule has 1 aromatic heterocycles. The first-order chi connectivity index (χ1) is 12.3. The van der Waals surface area contributed by atoms with Crippen molar-refractivity contribution in [3.8, 4) is 0 Å². The molecule has 6 atom stereocenters. The highest BCUT2D eigenvalue weighted by molar-refractivity contribution is 7.15. The predicted octanol–water partition coefficient (Wildman–Crippen LogP) is 3.15. The van der Waals surface area contributed by atoms with Crippen molar-refractivity contribution >= 4 is 22.4 Å². The zero-order chi connectivity index (χ0) is 18.6. The number of nitrogens with one attached hydrogen (secondary N) is 2. The lowest BCUT2D eigenvalue weighted by Gasteiger charge is -2.53. The van der Waals surface area contributed by atoms with Gasteiger partial charge in [-0.2, -0.15) is 0 Å². The second kappa shape index (κ2) is 6.48. The third-order valence-electron chi connectivity index (χ3n) is 7.12. The van der Waals surface area contributed by atoms with Crippen LogP contribution in [-0.2, 0) is 11.2 Å². The number of nitrogens with zero attached hydrogens (tertiary/aromatic N) is 1. The molecular formula is C20H31N3O2S. The molecule has 2 saturated carbocycles. The van der Waals surface area contributed by atoms with E-state index in [1.807, 2.05) is 14.0 Å². The molecule has 1 heterocycles. The van der Waals surface area contributed by atoms with Gasteiger partial charge < -0.3 is 15.7 Å². The van der Waals surface area contributed by atoms with Gasteiger partial charge in [0.15, 0.2) is 5.13 Å². The molecule has 1 amide bonds. The van der Waals surface area contributed by atoms with Crippen LogP contribution in [-0.4, -0.2) is 35.2 Å². The number of hydrogen-bond acceptors (Lipinski definition) is 5. The van der Waals surface area contributed by atoms with Crippen molar-refractivity contribution in [2.45, 2.75) is 70.9 Å². The molecule has 0 aliphatic heterocycles. The summed E-state index contributed by atoms with van der Waals surface area (Å²) in [6, 6.07) is 0.377. The number of fused-ring (bicyclic) bond motifs is 2. The molecule has 0 radical (unpaired) electrons. The maximum absolute atomic E-state index is 12.6. The van der Waals surface area contributed by atoms with Gasteiger partial charge in [-0.3, -0.25) is 4.79 Å². The summed E-state index contributed by atoms with van der Waals surface area (Å²) in [6.07, 6.45) is 4.73. The number of amides is 1. The average Bonchev–Trinajstić information content (AvgIpc) is 3.30. The average molecular weight is 378 g/mol. The first-order valence-electron chi connectivity index (χ1n) is 10.00. The van der Waals surface area contributed by atoms with Gasteiger partial charge in [0.05, 0.1) is 11.8 Å². The van der Waals surface area contributed by atoms with E-state index >= 15 is 0 Å². The summed E-state index contributed by atoms with van der Waals surface area (Å²) in [6.45, 7) is 6.53. The summed E-state index contributed by atoms with van der Waals surface area (Å²) in [5, 5.41) is 18.6. The summed E-state index contributed by atoms with van der Waals surface area (Å²) >= 11 is 1.75. The van der Waals surface area contributed by atoms with Crippen LogP contribution in [0.1, 0.15) is 62.9 Å². The molecule has 0 unspecified atom stereocenters. The van der Waals surface area contributed by atoms with E-state index in [9.17, 15) is 9.90 Å². The van der Waals surface area contributed by atoms with E-state index in [4.69, 9.17) is 4.98 Å². The predicted molar refractivity (Wildman–Crippen MR) is 104 cm³/mol. The third kappa shape index (κ3) is 2.95. The SMILES string of the molecule is CNc1nc2c(s1)C[C@]1(C)CC[C@H]([C@H](C)C(=O)NC3CC3)[C@H](O)[C@H]1[C@@H]2C. The number of carbonyl (C=O) groups is 1. The molecular weight excluding hydrogens is 346 g/mol. The van der Waals surface area contributed by atoms with Crippen LogP contribution < -0.4 is 10.6 Å². The lowest BCUT2D eigenvalue weighted by molar-refractivity contribution is -0.134. The van der Waals surface area contributed by atoms with Gasteiger partial charge in [0, 0.05) is 29.8 Å². The van der Waals surface area contributed by atoms with Crippen LogP contribution in [0.3, 0.4) is 0 Å². The second-order valence-electron chi connectivity index (χ2n) is 8.99. The van der Waals surface area contributed by atoms with Crippen LogP contribution in [0, 0.1) is 23.2 Å². The van der Waals surface area contributed by atoms with E-state index in [1.165, 1.54) is 4.88 Å². The van der Waals surface area contributed by atoms with Crippen LogP contribution in [0.15, 0.2) is 0 Å². The van der Waals surface area contributed by atoms with Gasteiger partial charge in [-0.1, -0.05) is 20.8 Å². The molecule has 6 heteroatoms. The molecule has 0 aromatic carbocycles. The van der Waals surface area contributed by atoms with E-state index in [2.05, 4.69) is 24.5 Å². The molecule has 3 aliphatic rings. The molecule has 0 spiro atoms. The van der Waals surface area contributed by atoms with Gasteiger partial charge in [0.25, 0.3) is 0 Å². The summed E-state index contributed by atoms with van der Waals surface area (Å²) in [5.41, 5.74) is 1.24. The topological polar surface area (TPSA) is 74.2 Å². The molecule has 3 N–H and O–H groups in total. The van der Waals surface area contributed by atoms with Crippen LogP contribution in [0.5, 0.6) is 0 Å². The van der Waals surface area contributed by atoms with Crippen LogP contribution in [0.2, 0.25) is 0 Å². The van der Waals surface area contributed by atoms with Gasteiger partial charge in [-0.25, -0.2) is 4.98 Å². The fourth-order valence-corrected chi connectivity index (χ4v) is 6.63. The van der Waals surface area contributed by atoms with Gasteiger partial charge in [-0.05, 0) is 49.4 Å². The second-order valence-corrected chi connectivity index (χ2v) is 10.1. The molecule has 1 aromatic rings. The van der Waals surface area contributed by atoms with Crippen molar-refractivity contribution < 1.29 is 9.90 Å². The smallest absolute Gasteiger partial charge is 0.223 e. The Morgan fingerprint density at radius 3 is 2.77 bits per heavy atom. The summed E-state index contributed by atoms with van der Waals surface area (Å²) in [4.78, 5) is 18.7. The van der Waals surface area contributed by atoms with Crippen molar-refractivity contribution in [2.24, 2.45) is 23.2 Å². The number of aliphatic hydroxyl groups excluding tert-OH is 1. The normalized spacial score (nSPS) is 37.4. The number of anilines is 1. The highest BCUT2D eigenvalue weighted by atomic mass is 32.1. The Morgan fingerprint density at radius 1 is 1.38 bits per heavy atom. The summed E-state index contributed by atoms with van der Waals surface area (Å²) in [5.74, 6) is 0.413. The van der Waals surface area contributed by atoms with Gasteiger partial charge >= 0.3 is 0 Å². The fourth-order valence-electron chi connectivity index (χ4n) is 5.41. The van der Waals surface area contributed by atoms with Gasteiger partial charge in [0.2, 0.25) is 5.91 Å². The minimum Gasteiger partial charge on any atom is -0.392 e. The quantitative estimate of drug-likeness (QED) is 0.753. The number of hydrogen-bond donors (Lipinski definition) is 3. The van der Waals surface area contributed by atoms with Crippen LogP contribution >= 0.6 is 11.3 Å². The highest BCUT2D eigenvalue weighted by Crippen LogP contribution is 2.57. The van der Waals surface area contributed by atoms with Crippen molar-refractivity contribution in [2.75, 3.05) is 12.4 Å². The summed E-state index contributed by atoms with van der Waals surface area (Å²) < 4.78 is 0. The Morgan fingerprint density at radius 2 is 2.12 bits per heavy atom. The van der Waals surface area contributed by atoms with Gasteiger partial charge in [-0.15, -0.1) is 11.3 Å². The molecule has 0 bridgehead atoms. The standard InChI is InChI=1S/C20H31N3O2S/c1-10(18(25)22-12-5-6-12)13-7-8-20(3)9-14-16(23-19(21-4)26-14)11(2)15(20)17(13)24/h10-13,15,17,24H,5-9H2,1-4H3,(H,21,23)(H,22,25)/t10-,11-,13+,15+,17-,20-/m0/s1. The van der Waals surface area contributed by atoms with E-state index in [1.54, 1.807) is 11.3 Å².